The Hall–Kier alpha value is -2.99. The molecule has 0 aliphatic carbocycles. The fraction of sp³-hybridized carbons (Fsp3) is 0.273. The molecule has 0 bridgehead atoms. The minimum absolute atomic E-state index is 0.0883. The van der Waals surface area contributed by atoms with Crippen LogP contribution in [0.25, 0.3) is 11.3 Å². The first-order valence-corrected chi connectivity index (χ1v) is 9.74. The second-order valence-corrected chi connectivity index (χ2v) is 7.29. The van der Waals surface area contributed by atoms with E-state index in [1.165, 1.54) is 0 Å². The van der Waals surface area contributed by atoms with Crippen LogP contribution < -0.4 is 9.47 Å². The number of benzene rings is 2. The van der Waals surface area contributed by atoms with Gasteiger partial charge in [-0.1, -0.05) is 28.9 Å². The van der Waals surface area contributed by atoms with Crippen LogP contribution in [-0.4, -0.2) is 36.7 Å². The Labute approximate surface area is 174 Å². The highest BCUT2D eigenvalue weighted by Crippen LogP contribution is 2.39. The summed E-state index contributed by atoms with van der Waals surface area (Å²) in [6, 6.07) is 14.5. The first kappa shape index (κ1) is 19.3. The zero-order valence-electron chi connectivity index (χ0n) is 16.2. The lowest BCUT2D eigenvalue weighted by Gasteiger charge is -2.25. The standard InChI is InChI=1S/C22H21ClN2O4/c1-27-16-8-9-17(21(12-16)28-2)19-7-4-10-25(19)22(26)18-13-20(29-24-18)14-5-3-6-15(23)11-14/h3,5-6,8-9,11-13,19H,4,7,10H2,1-2H3. The number of aromatic nitrogens is 1. The number of halogens is 1. The molecule has 1 aliphatic heterocycles. The third-order valence-electron chi connectivity index (χ3n) is 5.15. The number of methoxy groups -OCH3 is 2. The van der Waals surface area contributed by atoms with Crippen molar-refractivity contribution < 1.29 is 18.8 Å². The molecule has 4 rings (SSSR count). The molecule has 1 fully saturated rings. The summed E-state index contributed by atoms with van der Waals surface area (Å²) in [5, 5.41) is 4.60. The molecule has 0 N–H and O–H groups in total. The van der Waals surface area contributed by atoms with Crippen LogP contribution in [-0.2, 0) is 0 Å². The summed E-state index contributed by atoms with van der Waals surface area (Å²) in [5.41, 5.74) is 2.01. The number of likely N-dealkylation sites (tertiary alicyclic amines) is 1. The third kappa shape index (κ3) is 3.80. The summed E-state index contributed by atoms with van der Waals surface area (Å²) in [6.07, 6.45) is 1.76. The fourth-order valence-electron chi connectivity index (χ4n) is 3.73. The lowest BCUT2D eigenvalue weighted by Crippen LogP contribution is -2.31. The zero-order chi connectivity index (χ0) is 20.4. The maximum Gasteiger partial charge on any atom is 0.276 e. The monoisotopic (exact) mass is 412 g/mol. The van der Waals surface area contributed by atoms with Gasteiger partial charge < -0.3 is 18.9 Å². The van der Waals surface area contributed by atoms with Gasteiger partial charge in [0, 0.05) is 34.8 Å². The van der Waals surface area contributed by atoms with Crippen LogP contribution in [0.3, 0.4) is 0 Å². The predicted octanol–water partition coefficient (Wildman–Crippen LogP) is 4.99. The molecule has 1 saturated heterocycles. The summed E-state index contributed by atoms with van der Waals surface area (Å²) < 4.78 is 16.2. The normalized spacial score (nSPS) is 16.1. The van der Waals surface area contributed by atoms with Gasteiger partial charge >= 0.3 is 0 Å². The van der Waals surface area contributed by atoms with Gasteiger partial charge in [-0.05, 0) is 37.1 Å². The van der Waals surface area contributed by atoms with Crippen molar-refractivity contribution in [3.63, 3.8) is 0 Å². The molecule has 0 saturated carbocycles. The highest BCUT2D eigenvalue weighted by molar-refractivity contribution is 6.30. The van der Waals surface area contributed by atoms with Gasteiger partial charge in [-0.2, -0.15) is 0 Å². The summed E-state index contributed by atoms with van der Waals surface area (Å²) in [6.45, 7) is 0.651. The van der Waals surface area contributed by atoms with Gasteiger partial charge in [0.15, 0.2) is 11.5 Å². The second kappa shape index (κ2) is 8.17. The van der Waals surface area contributed by atoms with E-state index >= 15 is 0 Å². The van der Waals surface area contributed by atoms with Crippen molar-refractivity contribution >= 4 is 17.5 Å². The van der Waals surface area contributed by atoms with Gasteiger partial charge in [0.1, 0.15) is 11.5 Å². The molecule has 1 amide bonds. The van der Waals surface area contributed by atoms with Crippen LogP contribution in [0.5, 0.6) is 11.5 Å². The lowest BCUT2D eigenvalue weighted by molar-refractivity contribution is 0.0723. The molecule has 1 aliphatic rings. The van der Waals surface area contributed by atoms with E-state index in [0.29, 0.717) is 28.8 Å². The molecule has 6 nitrogen and oxygen atoms in total. The molecule has 1 aromatic heterocycles. The molecule has 7 heteroatoms. The zero-order valence-corrected chi connectivity index (χ0v) is 17.0. The average Bonchev–Trinajstić information content (AvgIpc) is 3.43. The van der Waals surface area contributed by atoms with Crippen molar-refractivity contribution in [1.29, 1.82) is 0 Å². The van der Waals surface area contributed by atoms with E-state index in [4.69, 9.17) is 25.6 Å². The van der Waals surface area contributed by atoms with Crippen LogP contribution in [0, 0.1) is 0 Å². The van der Waals surface area contributed by atoms with E-state index in [0.717, 1.165) is 24.0 Å². The number of ether oxygens (including phenoxy) is 2. The topological polar surface area (TPSA) is 64.8 Å². The molecule has 150 valence electrons. The maximum absolute atomic E-state index is 13.2. The van der Waals surface area contributed by atoms with Gasteiger partial charge in [0.25, 0.3) is 5.91 Å². The van der Waals surface area contributed by atoms with Gasteiger partial charge in [-0.3, -0.25) is 4.79 Å². The van der Waals surface area contributed by atoms with Crippen molar-refractivity contribution in [3.05, 3.63) is 64.8 Å². The quantitative estimate of drug-likeness (QED) is 0.590. The van der Waals surface area contributed by atoms with Gasteiger partial charge in [-0.25, -0.2) is 0 Å². The maximum atomic E-state index is 13.2. The van der Waals surface area contributed by atoms with Gasteiger partial charge in [0.05, 0.1) is 20.3 Å². The van der Waals surface area contributed by atoms with E-state index in [9.17, 15) is 4.79 Å². The van der Waals surface area contributed by atoms with E-state index in [2.05, 4.69) is 5.16 Å². The first-order valence-electron chi connectivity index (χ1n) is 9.36. The van der Waals surface area contributed by atoms with Crippen molar-refractivity contribution in [3.8, 4) is 22.8 Å². The minimum Gasteiger partial charge on any atom is -0.497 e. The molecule has 3 aromatic rings. The van der Waals surface area contributed by atoms with Crippen LogP contribution >= 0.6 is 11.6 Å². The minimum atomic E-state index is -0.164. The smallest absolute Gasteiger partial charge is 0.276 e. The molecular weight excluding hydrogens is 392 g/mol. The van der Waals surface area contributed by atoms with Crippen LogP contribution in [0.15, 0.2) is 53.1 Å². The number of carbonyl (C=O) groups is 1. The number of hydrogen-bond donors (Lipinski definition) is 0. The Balaban J connectivity index is 1.61. The summed E-state index contributed by atoms with van der Waals surface area (Å²) in [5.74, 6) is 1.76. The van der Waals surface area contributed by atoms with E-state index < -0.39 is 0 Å². The van der Waals surface area contributed by atoms with Crippen molar-refractivity contribution in [2.75, 3.05) is 20.8 Å². The van der Waals surface area contributed by atoms with Crippen molar-refractivity contribution in [2.24, 2.45) is 0 Å². The third-order valence-corrected chi connectivity index (χ3v) is 5.39. The number of rotatable bonds is 5. The molecule has 1 atom stereocenters. The highest BCUT2D eigenvalue weighted by Gasteiger charge is 2.34. The van der Waals surface area contributed by atoms with E-state index in [1.54, 1.807) is 32.4 Å². The molecule has 29 heavy (non-hydrogen) atoms. The Bertz CT molecular complexity index is 1030. The van der Waals surface area contributed by atoms with Crippen LogP contribution in [0.1, 0.15) is 34.9 Å². The molecule has 1 unspecified atom stereocenters. The van der Waals surface area contributed by atoms with E-state index in [-0.39, 0.29) is 17.6 Å². The average molecular weight is 413 g/mol. The lowest BCUT2D eigenvalue weighted by atomic mass is 10.0. The number of carbonyl (C=O) groups excluding carboxylic acids is 1. The predicted molar refractivity (Wildman–Crippen MR) is 110 cm³/mol. The Morgan fingerprint density at radius 3 is 2.79 bits per heavy atom. The Morgan fingerprint density at radius 2 is 2.03 bits per heavy atom. The van der Waals surface area contributed by atoms with Crippen LogP contribution in [0.2, 0.25) is 5.02 Å². The Morgan fingerprint density at radius 1 is 1.17 bits per heavy atom. The summed E-state index contributed by atoms with van der Waals surface area (Å²) >= 11 is 6.05. The number of hydrogen-bond acceptors (Lipinski definition) is 5. The highest BCUT2D eigenvalue weighted by atomic mass is 35.5. The number of nitrogens with zero attached hydrogens (tertiary/aromatic N) is 2. The van der Waals surface area contributed by atoms with Crippen LogP contribution in [0.4, 0.5) is 0 Å². The molecule has 2 aromatic carbocycles. The fourth-order valence-corrected chi connectivity index (χ4v) is 3.92. The SMILES string of the molecule is COc1ccc(C2CCCN2C(=O)c2cc(-c3cccc(Cl)c3)on2)c(OC)c1. The first-order chi connectivity index (χ1) is 14.1. The van der Waals surface area contributed by atoms with Gasteiger partial charge in [-0.15, -0.1) is 0 Å². The molecule has 0 radical (unpaired) electrons. The Kier molecular flexibility index (Phi) is 5.45. The molecule has 0 spiro atoms. The molecule has 2 heterocycles. The number of amides is 1. The van der Waals surface area contributed by atoms with Crippen molar-refractivity contribution in [1.82, 2.24) is 10.1 Å². The second-order valence-electron chi connectivity index (χ2n) is 6.85. The van der Waals surface area contributed by atoms with Gasteiger partial charge in [0.2, 0.25) is 0 Å². The largest absolute Gasteiger partial charge is 0.497 e. The molecular formula is C22H21ClN2O4. The summed E-state index contributed by atoms with van der Waals surface area (Å²) in [7, 11) is 3.23. The summed E-state index contributed by atoms with van der Waals surface area (Å²) in [4.78, 5) is 15.0. The van der Waals surface area contributed by atoms with E-state index in [1.807, 2.05) is 35.2 Å². The van der Waals surface area contributed by atoms with Crippen molar-refractivity contribution in [2.45, 2.75) is 18.9 Å².